The van der Waals surface area contributed by atoms with E-state index >= 15 is 0 Å². The first-order valence-electron chi connectivity index (χ1n) is 5.36. The monoisotopic (exact) mass is 231 g/mol. The van der Waals surface area contributed by atoms with Gasteiger partial charge in [-0.3, -0.25) is 14.2 Å². The molecule has 0 amide bonds. The molecule has 88 valence electrons. The van der Waals surface area contributed by atoms with E-state index in [4.69, 9.17) is 5.11 Å². The lowest BCUT2D eigenvalue weighted by atomic mass is 10.0. The molecule has 1 aromatic carbocycles. The van der Waals surface area contributed by atoms with Gasteiger partial charge >= 0.3 is 5.97 Å². The molecule has 0 aliphatic rings. The van der Waals surface area contributed by atoms with E-state index in [2.05, 4.69) is 0 Å². The Morgan fingerprint density at radius 1 is 1.29 bits per heavy atom. The molecule has 1 heterocycles. The average molecular weight is 231 g/mol. The number of carbonyl (C=O) groups excluding carboxylic acids is 1. The number of hydrogen-bond acceptors (Lipinski definition) is 2. The van der Waals surface area contributed by atoms with Gasteiger partial charge in [0.1, 0.15) is 0 Å². The summed E-state index contributed by atoms with van der Waals surface area (Å²) in [6.07, 6.45) is 1.62. The smallest absolute Gasteiger partial charge is 0.310 e. The maximum atomic E-state index is 11.5. The van der Waals surface area contributed by atoms with Crippen LogP contribution in [0.5, 0.6) is 0 Å². The maximum Gasteiger partial charge on any atom is 0.310 e. The van der Waals surface area contributed by atoms with Crippen molar-refractivity contribution in [1.82, 2.24) is 4.57 Å². The molecule has 1 unspecified atom stereocenters. The maximum absolute atomic E-state index is 11.5. The Labute approximate surface area is 98.5 Å². The fourth-order valence-corrected chi connectivity index (χ4v) is 1.94. The van der Waals surface area contributed by atoms with Gasteiger partial charge in [-0.15, -0.1) is 0 Å². The van der Waals surface area contributed by atoms with Crippen LogP contribution in [-0.2, 0) is 4.79 Å². The van der Waals surface area contributed by atoms with Gasteiger partial charge in [-0.25, -0.2) is 0 Å². The SMILES string of the molecule is CC(=O)n1cc(C(C)C(=O)O)c2ccccc21. The minimum absolute atomic E-state index is 0.120. The van der Waals surface area contributed by atoms with Crippen molar-refractivity contribution in [1.29, 1.82) is 0 Å². The Morgan fingerprint density at radius 3 is 2.53 bits per heavy atom. The molecular weight excluding hydrogens is 218 g/mol. The van der Waals surface area contributed by atoms with Crippen LogP contribution in [0.2, 0.25) is 0 Å². The number of rotatable bonds is 2. The molecular formula is C13H13NO3. The van der Waals surface area contributed by atoms with Crippen LogP contribution in [0.3, 0.4) is 0 Å². The van der Waals surface area contributed by atoms with Gasteiger partial charge in [-0.05, 0) is 18.6 Å². The summed E-state index contributed by atoms with van der Waals surface area (Å²) in [6, 6.07) is 7.32. The highest BCUT2D eigenvalue weighted by Gasteiger charge is 2.20. The van der Waals surface area contributed by atoms with E-state index in [9.17, 15) is 9.59 Å². The molecule has 2 aromatic rings. The van der Waals surface area contributed by atoms with Crippen molar-refractivity contribution >= 4 is 22.8 Å². The summed E-state index contributed by atoms with van der Waals surface area (Å²) in [5, 5.41) is 9.87. The number of carboxylic acids is 1. The van der Waals surface area contributed by atoms with Crippen LogP contribution in [0, 0.1) is 0 Å². The molecule has 0 aliphatic heterocycles. The molecule has 0 saturated heterocycles. The second-order valence-electron chi connectivity index (χ2n) is 4.05. The molecule has 0 aliphatic carbocycles. The van der Waals surface area contributed by atoms with E-state index in [1.807, 2.05) is 24.3 Å². The summed E-state index contributed by atoms with van der Waals surface area (Å²) < 4.78 is 1.49. The Balaban J connectivity index is 2.73. The number of benzene rings is 1. The summed E-state index contributed by atoms with van der Waals surface area (Å²) in [4.78, 5) is 22.5. The Hall–Kier alpha value is -2.10. The largest absolute Gasteiger partial charge is 0.481 e. The topological polar surface area (TPSA) is 59.3 Å². The summed E-state index contributed by atoms with van der Waals surface area (Å²) in [5.41, 5.74) is 1.42. The molecule has 1 aromatic heterocycles. The van der Waals surface area contributed by atoms with E-state index < -0.39 is 11.9 Å². The zero-order valence-corrected chi connectivity index (χ0v) is 9.68. The van der Waals surface area contributed by atoms with Crippen LogP contribution in [0.15, 0.2) is 30.5 Å². The molecule has 0 radical (unpaired) electrons. The van der Waals surface area contributed by atoms with Crippen molar-refractivity contribution in [3.63, 3.8) is 0 Å². The first-order chi connectivity index (χ1) is 8.02. The predicted octanol–water partition coefficient (Wildman–Crippen LogP) is 2.49. The molecule has 0 fully saturated rings. The van der Waals surface area contributed by atoms with Crippen molar-refractivity contribution < 1.29 is 14.7 Å². The number of carboxylic acid groups (broad SMARTS) is 1. The van der Waals surface area contributed by atoms with Crippen molar-refractivity contribution in [2.75, 3.05) is 0 Å². The molecule has 4 heteroatoms. The lowest BCUT2D eigenvalue weighted by Crippen LogP contribution is -2.07. The minimum Gasteiger partial charge on any atom is -0.481 e. The highest BCUT2D eigenvalue weighted by Crippen LogP contribution is 2.27. The van der Waals surface area contributed by atoms with E-state index in [0.717, 1.165) is 10.9 Å². The minimum atomic E-state index is -0.892. The van der Waals surface area contributed by atoms with E-state index in [1.54, 1.807) is 13.1 Å². The van der Waals surface area contributed by atoms with Gasteiger partial charge in [0.2, 0.25) is 5.91 Å². The van der Waals surface area contributed by atoms with Gasteiger partial charge in [-0.1, -0.05) is 18.2 Å². The van der Waals surface area contributed by atoms with Gasteiger partial charge in [-0.2, -0.15) is 0 Å². The predicted molar refractivity (Wildman–Crippen MR) is 64.3 cm³/mol. The van der Waals surface area contributed by atoms with Crippen LogP contribution < -0.4 is 0 Å². The van der Waals surface area contributed by atoms with Gasteiger partial charge in [0.05, 0.1) is 11.4 Å². The highest BCUT2D eigenvalue weighted by molar-refractivity contribution is 5.96. The van der Waals surface area contributed by atoms with Gasteiger partial charge in [0, 0.05) is 18.5 Å². The zero-order chi connectivity index (χ0) is 12.6. The summed E-state index contributed by atoms with van der Waals surface area (Å²) in [6.45, 7) is 3.08. The summed E-state index contributed by atoms with van der Waals surface area (Å²) in [7, 11) is 0. The number of carbonyl (C=O) groups is 2. The molecule has 4 nitrogen and oxygen atoms in total. The second kappa shape index (κ2) is 4.05. The zero-order valence-electron chi connectivity index (χ0n) is 9.68. The molecule has 2 rings (SSSR count). The summed E-state index contributed by atoms with van der Waals surface area (Å²) in [5.74, 6) is -1.64. The van der Waals surface area contributed by atoms with Crippen molar-refractivity contribution in [3.05, 3.63) is 36.0 Å². The van der Waals surface area contributed by atoms with Crippen LogP contribution >= 0.6 is 0 Å². The van der Waals surface area contributed by atoms with Crippen LogP contribution in [0.1, 0.15) is 30.1 Å². The molecule has 0 saturated carbocycles. The standard InChI is InChI=1S/C13H13NO3/c1-8(13(16)17)11-7-14(9(2)15)12-6-4-3-5-10(11)12/h3-8H,1-2H3,(H,16,17). The van der Waals surface area contributed by atoms with Gasteiger partial charge < -0.3 is 5.11 Å². The van der Waals surface area contributed by atoms with Crippen LogP contribution in [0.4, 0.5) is 0 Å². The van der Waals surface area contributed by atoms with Crippen LogP contribution in [0.25, 0.3) is 10.9 Å². The number of aliphatic carboxylic acids is 1. The molecule has 17 heavy (non-hydrogen) atoms. The van der Waals surface area contributed by atoms with Crippen molar-refractivity contribution in [3.8, 4) is 0 Å². The quantitative estimate of drug-likeness (QED) is 0.863. The van der Waals surface area contributed by atoms with E-state index in [1.165, 1.54) is 11.5 Å². The fraction of sp³-hybridized carbons (Fsp3) is 0.231. The third kappa shape index (κ3) is 1.82. The van der Waals surface area contributed by atoms with Gasteiger partial charge in [0.25, 0.3) is 0 Å². The van der Waals surface area contributed by atoms with E-state index in [-0.39, 0.29) is 5.91 Å². The Morgan fingerprint density at radius 2 is 1.94 bits per heavy atom. The average Bonchev–Trinajstić information content (AvgIpc) is 2.67. The number of aromatic nitrogens is 1. The Bertz CT molecular complexity index is 598. The van der Waals surface area contributed by atoms with Crippen molar-refractivity contribution in [2.45, 2.75) is 19.8 Å². The summed E-state index contributed by atoms with van der Waals surface area (Å²) >= 11 is 0. The third-order valence-corrected chi connectivity index (χ3v) is 2.92. The third-order valence-electron chi connectivity index (χ3n) is 2.92. The van der Waals surface area contributed by atoms with Crippen molar-refractivity contribution in [2.24, 2.45) is 0 Å². The lowest BCUT2D eigenvalue weighted by Gasteiger charge is -2.03. The fourth-order valence-electron chi connectivity index (χ4n) is 1.94. The molecule has 1 N–H and O–H groups in total. The number of nitrogens with zero attached hydrogens (tertiary/aromatic N) is 1. The normalized spacial score (nSPS) is 12.6. The molecule has 1 atom stereocenters. The number of fused-ring (bicyclic) bond motifs is 1. The molecule has 0 spiro atoms. The highest BCUT2D eigenvalue weighted by atomic mass is 16.4. The first kappa shape index (κ1) is 11.4. The first-order valence-corrected chi connectivity index (χ1v) is 5.36. The number of para-hydroxylation sites is 1. The van der Waals surface area contributed by atoms with E-state index in [0.29, 0.717) is 5.56 Å². The van der Waals surface area contributed by atoms with Crippen LogP contribution in [-0.4, -0.2) is 21.6 Å². The molecule has 0 bridgehead atoms. The Kier molecular flexibility index (Phi) is 2.71. The lowest BCUT2D eigenvalue weighted by molar-refractivity contribution is -0.138. The number of hydrogen-bond donors (Lipinski definition) is 1. The van der Waals surface area contributed by atoms with Gasteiger partial charge in [0.15, 0.2) is 0 Å². The second-order valence-corrected chi connectivity index (χ2v) is 4.05.